The average Bonchev–Trinajstić information content (AvgIpc) is 2.72. The number of hydrogen-bond acceptors (Lipinski definition) is 5. The van der Waals surface area contributed by atoms with Crippen molar-refractivity contribution in [2.24, 2.45) is 0 Å². The number of hydrogen-bond donors (Lipinski definition) is 1. The van der Waals surface area contributed by atoms with Crippen molar-refractivity contribution < 1.29 is 0 Å². The minimum Gasteiger partial charge on any atom is -0.366 e. The summed E-state index contributed by atoms with van der Waals surface area (Å²) in [5.41, 5.74) is 3.34. The van der Waals surface area contributed by atoms with Crippen LogP contribution in [0.15, 0.2) is 12.4 Å². The summed E-state index contributed by atoms with van der Waals surface area (Å²) in [5.74, 6) is 0.972. The summed E-state index contributed by atoms with van der Waals surface area (Å²) >= 11 is 1.69. The molecular weight excluding hydrogens is 268 g/mol. The van der Waals surface area contributed by atoms with Crippen LogP contribution in [0.5, 0.6) is 0 Å². The summed E-state index contributed by atoms with van der Waals surface area (Å²) < 4.78 is 1.13. The quantitative estimate of drug-likeness (QED) is 0.777. The first-order valence-electron chi connectivity index (χ1n) is 7.00. The Bertz CT molecular complexity index is 804. The van der Waals surface area contributed by atoms with Gasteiger partial charge in [0.2, 0.25) is 0 Å². The van der Waals surface area contributed by atoms with Gasteiger partial charge in [0, 0.05) is 17.1 Å². The fraction of sp³-hybridized carbons (Fsp3) is 0.400. The molecule has 3 aromatic rings. The molecule has 0 radical (unpaired) electrons. The number of rotatable bonds is 2. The van der Waals surface area contributed by atoms with Crippen LogP contribution in [0.25, 0.3) is 20.4 Å². The minimum atomic E-state index is 0.578. The van der Waals surface area contributed by atoms with Gasteiger partial charge in [0.05, 0.1) is 10.2 Å². The highest BCUT2D eigenvalue weighted by Gasteiger charge is 2.20. The fourth-order valence-corrected chi connectivity index (χ4v) is 3.96. The van der Waals surface area contributed by atoms with Crippen molar-refractivity contribution in [2.45, 2.75) is 39.2 Å². The molecule has 0 saturated heterocycles. The van der Waals surface area contributed by atoms with Crippen LogP contribution in [-0.2, 0) is 0 Å². The molecule has 1 N–H and O–H groups in total. The van der Waals surface area contributed by atoms with E-state index in [4.69, 9.17) is 0 Å². The van der Waals surface area contributed by atoms with Gasteiger partial charge in [0.1, 0.15) is 17.0 Å². The summed E-state index contributed by atoms with van der Waals surface area (Å²) in [6.45, 7) is 4.17. The molecule has 20 heavy (non-hydrogen) atoms. The van der Waals surface area contributed by atoms with Gasteiger partial charge in [-0.1, -0.05) is 0 Å². The van der Waals surface area contributed by atoms with Gasteiger partial charge in [0.15, 0.2) is 0 Å². The van der Waals surface area contributed by atoms with E-state index in [9.17, 15) is 0 Å². The third-order valence-electron chi connectivity index (χ3n) is 4.00. The van der Waals surface area contributed by atoms with E-state index in [2.05, 4.69) is 33.3 Å². The SMILES string of the molecule is Cc1cc(C)c2c(n1)sc1c(NC3CCC3)ncnc12. The lowest BCUT2D eigenvalue weighted by Crippen LogP contribution is -2.27. The minimum absolute atomic E-state index is 0.578. The smallest absolute Gasteiger partial charge is 0.147 e. The average molecular weight is 284 g/mol. The topological polar surface area (TPSA) is 50.7 Å². The van der Waals surface area contributed by atoms with Gasteiger partial charge >= 0.3 is 0 Å². The number of nitrogens with zero attached hydrogens (tertiary/aromatic N) is 3. The Morgan fingerprint density at radius 3 is 2.85 bits per heavy atom. The first-order valence-corrected chi connectivity index (χ1v) is 7.82. The molecule has 4 rings (SSSR count). The Balaban J connectivity index is 1.95. The van der Waals surface area contributed by atoms with Crippen LogP contribution in [0.1, 0.15) is 30.5 Å². The maximum absolute atomic E-state index is 4.65. The summed E-state index contributed by atoms with van der Waals surface area (Å²) in [6.07, 6.45) is 5.46. The van der Waals surface area contributed by atoms with E-state index >= 15 is 0 Å². The lowest BCUT2D eigenvalue weighted by atomic mass is 9.93. The summed E-state index contributed by atoms with van der Waals surface area (Å²) in [7, 11) is 0. The second-order valence-corrected chi connectivity index (χ2v) is 6.53. The zero-order chi connectivity index (χ0) is 13.7. The first kappa shape index (κ1) is 12.0. The molecule has 1 saturated carbocycles. The van der Waals surface area contributed by atoms with Crippen LogP contribution in [0.3, 0.4) is 0 Å². The normalized spacial score (nSPS) is 15.7. The maximum Gasteiger partial charge on any atom is 0.147 e. The van der Waals surface area contributed by atoms with Gasteiger partial charge in [-0.25, -0.2) is 15.0 Å². The van der Waals surface area contributed by atoms with Crippen molar-refractivity contribution in [1.29, 1.82) is 0 Å². The molecule has 4 nitrogen and oxygen atoms in total. The molecule has 0 spiro atoms. The Hall–Kier alpha value is -1.75. The number of fused-ring (bicyclic) bond motifs is 3. The van der Waals surface area contributed by atoms with Crippen LogP contribution < -0.4 is 5.32 Å². The second-order valence-electron chi connectivity index (χ2n) is 5.53. The third kappa shape index (κ3) is 1.77. The van der Waals surface area contributed by atoms with Gasteiger partial charge in [-0.15, -0.1) is 11.3 Å². The summed E-state index contributed by atoms with van der Waals surface area (Å²) in [6, 6.07) is 2.70. The molecule has 0 aliphatic heterocycles. The van der Waals surface area contributed by atoms with Crippen molar-refractivity contribution in [3.05, 3.63) is 23.7 Å². The van der Waals surface area contributed by atoms with E-state index in [-0.39, 0.29) is 0 Å². The van der Waals surface area contributed by atoms with E-state index in [1.54, 1.807) is 17.7 Å². The highest BCUT2D eigenvalue weighted by atomic mass is 32.1. The van der Waals surface area contributed by atoms with Crippen LogP contribution >= 0.6 is 11.3 Å². The number of nitrogens with one attached hydrogen (secondary N) is 1. The van der Waals surface area contributed by atoms with Gasteiger partial charge in [-0.2, -0.15) is 0 Å². The molecule has 1 fully saturated rings. The van der Waals surface area contributed by atoms with Crippen LogP contribution in [0.2, 0.25) is 0 Å². The van der Waals surface area contributed by atoms with E-state index in [1.165, 1.54) is 30.2 Å². The van der Waals surface area contributed by atoms with Crippen molar-refractivity contribution in [3.63, 3.8) is 0 Å². The van der Waals surface area contributed by atoms with E-state index in [0.717, 1.165) is 26.6 Å². The molecule has 102 valence electrons. The zero-order valence-corrected chi connectivity index (χ0v) is 12.4. The maximum atomic E-state index is 4.65. The number of thiophene rings is 1. The molecule has 1 aliphatic rings. The van der Waals surface area contributed by atoms with E-state index in [1.807, 2.05) is 6.92 Å². The van der Waals surface area contributed by atoms with Crippen LogP contribution in [0, 0.1) is 13.8 Å². The van der Waals surface area contributed by atoms with Crippen LogP contribution in [0.4, 0.5) is 5.82 Å². The highest BCUT2D eigenvalue weighted by molar-refractivity contribution is 7.26. The Morgan fingerprint density at radius 1 is 1.25 bits per heavy atom. The fourth-order valence-electron chi connectivity index (χ4n) is 2.76. The first-order chi connectivity index (χ1) is 9.72. The second kappa shape index (κ2) is 4.38. The Kier molecular flexibility index (Phi) is 2.63. The van der Waals surface area contributed by atoms with E-state index in [0.29, 0.717) is 6.04 Å². The lowest BCUT2D eigenvalue weighted by molar-refractivity contribution is 0.445. The summed E-state index contributed by atoms with van der Waals surface area (Å²) in [5, 5.41) is 4.72. The largest absolute Gasteiger partial charge is 0.366 e. The molecule has 0 aromatic carbocycles. The van der Waals surface area contributed by atoms with Crippen LogP contribution in [-0.4, -0.2) is 21.0 Å². The zero-order valence-electron chi connectivity index (χ0n) is 11.6. The lowest BCUT2D eigenvalue weighted by Gasteiger charge is -2.26. The summed E-state index contributed by atoms with van der Waals surface area (Å²) in [4.78, 5) is 14.6. The molecule has 1 aliphatic carbocycles. The molecular formula is C15H16N4S. The van der Waals surface area contributed by atoms with Gasteiger partial charge in [0.25, 0.3) is 0 Å². The predicted octanol–water partition coefficient (Wildman–Crippen LogP) is 3.82. The number of aromatic nitrogens is 3. The number of aryl methyl sites for hydroxylation is 2. The standard InChI is InChI=1S/C15H16N4S/c1-8-6-9(2)18-15-11(8)12-13(20-15)14(17-7-16-12)19-10-4-3-5-10/h6-7,10H,3-5H2,1-2H3,(H,16,17,19). The molecule has 0 unspecified atom stereocenters. The number of anilines is 1. The van der Waals surface area contributed by atoms with Gasteiger partial charge < -0.3 is 5.32 Å². The monoisotopic (exact) mass is 284 g/mol. The Morgan fingerprint density at radius 2 is 2.10 bits per heavy atom. The van der Waals surface area contributed by atoms with Gasteiger partial charge in [-0.05, 0) is 44.7 Å². The molecule has 0 bridgehead atoms. The number of pyridine rings is 1. The van der Waals surface area contributed by atoms with E-state index < -0.39 is 0 Å². The third-order valence-corrected chi connectivity index (χ3v) is 5.08. The van der Waals surface area contributed by atoms with Crippen molar-refractivity contribution in [3.8, 4) is 0 Å². The predicted molar refractivity (Wildman–Crippen MR) is 83.5 cm³/mol. The highest BCUT2D eigenvalue weighted by Crippen LogP contribution is 2.37. The Labute approximate surface area is 121 Å². The van der Waals surface area contributed by atoms with Crippen molar-refractivity contribution >= 4 is 37.6 Å². The van der Waals surface area contributed by atoms with Gasteiger partial charge in [-0.3, -0.25) is 0 Å². The molecule has 3 heterocycles. The van der Waals surface area contributed by atoms with Crippen molar-refractivity contribution in [1.82, 2.24) is 15.0 Å². The molecule has 0 atom stereocenters. The molecule has 0 amide bonds. The molecule has 3 aromatic heterocycles. The van der Waals surface area contributed by atoms with Crippen molar-refractivity contribution in [2.75, 3.05) is 5.32 Å². The molecule has 5 heteroatoms.